The Labute approximate surface area is 172 Å². The number of methoxy groups -OCH3 is 1. The van der Waals surface area contributed by atoms with Crippen molar-refractivity contribution < 1.29 is 14.3 Å². The molecule has 0 aliphatic rings. The fraction of sp³-hybridized carbons (Fsp3) is 0.0909. The standard InChI is InChI=1S/C22H19BrN2O3/c1-27-20-11-4-2-8-17(20)14-24-25-22(26)19-10-3-5-12-21(19)28-15-16-7-6-9-18(23)13-16/h2-14H,15H2,1H3,(H,25,26)/b24-14+. The number of nitrogens with one attached hydrogen (secondary N) is 1. The highest BCUT2D eigenvalue weighted by Gasteiger charge is 2.11. The molecule has 0 aromatic heterocycles. The normalized spacial score (nSPS) is 10.6. The number of hydrazone groups is 1. The van der Waals surface area contributed by atoms with Crippen molar-refractivity contribution in [3.63, 3.8) is 0 Å². The van der Waals surface area contributed by atoms with Gasteiger partial charge in [-0.2, -0.15) is 5.10 Å². The van der Waals surface area contributed by atoms with Crippen molar-refractivity contribution in [2.24, 2.45) is 5.10 Å². The van der Waals surface area contributed by atoms with Crippen molar-refractivity contribution in [2.45, 2.75) is 6.61 Å². The van der Waals surface area contributed by atoms with Crippen LogP contribution in [0.3, 0.4) is 0 Å². The molecule has 0 heterocycles. The fourth-order valence-corrected chi connectivity index (χ4v) is 3.01. The molecule has 0 saturated carbocycles. The molecular formula is C22H19BrN2O3. The second-order valence-electron chi connectivity index (χ2n) is 5.86. The summed E-state index contributed by atoms with van der Waals surface area (Å²) in [5, 5.41) is 4.03. The van der Waals surface area contributed by atoms with Crippen LogP contribution in [0.2, 0.25) is 0 Å². The zero-order valence-electron chi connectivity index (χ0n) is 15.3. The molecule has 3 rings (SSSR count). The predicted octanol–water partition coefficient (Wildman–Crippen LogP) is 4.80. The monoisotopic (exact) mass is 438 g/mol. The molecule has 0 saturated heterocycles. The third-order valence-corrected chi connectivity index (χ3v) is 4.42. The third-order valence-electron chi connectivity index (χ3n) is 3.92. The molecule has 3 aromatic rings. The summed E-state index contributed by atoms with van der Waals surface area (Å²) in [6.45, 7) is 0.355. The molecule has 142 valence electrons. The third kappa shape index (κ3) is 5.20. The first-order valence-electron chi connectivity index (χ1n) is 8.60. The maximum atomic E-state index is 12.5. The molecule has 0 aliphatic carbocycles. The molecule has 0 spiro atoms. The first-order valence-corrected chi connectivity index (χ1v) is 9.39. The highest BCUT2D eigenvalue weighted by atomic mass is 79.9. The van der Waals surface area contributed by atoms with Crippen LogP contribution in [-0.4, -0.2) is 19.2 Å². The average molecular weight is 439 g/mol. The lowest BCUT2D eigenvalue weighted by Gasteiger charge is -2.10. The number of para-hydroxylation sites is 2. The van der Waals surface area contributed by atoms with Crippen LogP contribution in [0.15, 0.2) is 82.4 Å². The Morgan fingerprint density at radius 2 is 1.79 bits per heavy atom. The van der Waals surface area contributed by atoms with E-state index in [1.807, 2.05) is 54.6 Å². The van der Waals surface area contributed by atoms with Crippen molar-refractivity contribution >= 4 is 28.1 Å². The summed E-state index contributed by atoms with van der Waals surface area (Å²) in [6, 6.07) is 22.3. The van der Waals surface area contributed by atoms with E-state index in [1.54, 1.807) is 31.5 Å². The van der Waals surface area contributed by atoms with E-state index < -0.39 is 0 Å². The van der Waals surface area contributed by atoms with Crippen molar-refractivity contribution in [1.82, 2.24) is 5.43 Å². The molecule has 0 fully saturated rings. The molecule has 28 heavy (non-hydrogen) atoms. The number of hydrogen-bond donors (Lipinski definition) is 1. The minimum atomic E-state index is -0.351. The van der Waals surface area contributed by atoms with Crippen LogP contribution in [0.4, 0.5) is 0 Å². The molecule has 0 radical (unpaired) electrons. The first-order chi connectivity index (χ1) is 13.7. The maximum absolute atomic E-state index is 12.5. The van der Waals surface area contributed by atoms with Crippen LogP contribution in [0.1, 0.15) is 21.5 Å². The molecule has 0 bridgehead atoms. The summed E-state index contributed by atoms with van der Waals surface area (Å²) in [5.74, 6) is 0.821. The van der Waals surface area contributed by atoms with E-state index in [0.29, 0.717) is 23.7 Å². The molecule has 1 amide bonds. The van der Waals surface area contributed by atoms with E-state index in [1.165, 1.54) is 0 Å². The largest absolute Gasteiger partial charge is 0.496 e. The van der Waals surface area contributed by atoms with Gasteiger partial charge >= 0.3 is 0 Å². The van der Waals surface area contributed by atoms with Crippen molar-refractivity contribution in [3.05, 3.63) is 94.0 Å². The molecule has 1 N–H and O–H groups in total. The van der Waals surface area contributed by atoms with Crippen LogP contribution in [0.5, 0.6) is 11.5 Å². The molecule has 3 aromatic carbocycles. The van der Waals surface area contributed by atoms with Gasteiger partial charge in [-0.3, -0.25) is 4.79 Å². The van der Waals surface area contributed by atoms with Gasteiger partial charge in [0.05, 0.1) is 18.9 Å². The van der Waals surface area contributed by atoms with Crippen molar-refractivity contribution in [1.29, 1.82) is 0 Å². The summed E-state index contributed by atoms with van der Waals surface area (Å²) < 4.78 is 12.1. The van der Waals surface area contributed by atoms with E-state index in [2.05, 4.69) is 26.5 Å². The van der Waals surface area contributed by atoms with Crippen molar-refractivity contribution in [3.8, 4) is 11.5 Å². The Hall–Kier alpha value is -3.12. The molecule has 0 atom stereocenters. The predicted molar refractivity (Wildman–Crippen MR) is 113 cm³/mol. The number of nitrogens with zero attached hydrogens (tertiary/aromatic N) is 1. The minimum absolute atomic E-state index is 0.351. The van der Waals surface area contributed by atoms with Gasteiger partial charge in [-0.25, -0.2) is 5.43 Å². The molecule has 6 heteroatoms. The van der Waals surface area contributed by atoms with Gasteiger partial charge in [-0.05, 0) is 42.0 Å². The SMILES string of the molecule is COc1ccccc1/C=N/NC(=O)c1ccccc1OCc1cccc(Br)c1. The van der Waals surface area contributed by atoms with Gasteiger partial charge in [0, 0.05) is 10.0 Å². The van der Waals surface area contributed by atoms with Gasteiger partial charge in [0.15, 0.2) is 0 Å². The quantitative estimate of drug-likeness (QED) is 0.425. The number of carbonyl (C=O) groups is 1. The summed E-state index contributed by atoms with van der Waals surface area (Å²) in [7, 11) is 1.59. The van der Waals surface area contributed by atoms with E-state index in [9.17, 15) is 4.79 Å². The molecule has 0 aliphatic heterocycles. The number of carbonyl (C=O) groups excluding carboxylic acids is 1. The second-order valence-corrected chi connectivity index (χ2v) is 6.77. The van der Waals surface area contributed by atoms with Crippen LogP contribution < -0.4 is 14.9 Å². The lowest BCUT2D eigenvalue weighted by molar-refractivity contribution is 0.0950. The number of amides is 1. The van der Waals surface area contributed by atoms with Gasteiger partial charge < -0.3 is 9.47 Å². The van der Waals surface area contributed by atoms with Crippen LogP contribution in [-0.2, 0) is 6.61 Å². The topological polar surface area (TPSA) is 59.9 Å². The Balaban J connectivity index is 1.67. The number of benzene rings is 3. The average Bonchev–Trinajstić information content (AvgIpc) is 2.73. The Bertz CT molecular complexity index is 989. The van der Waals surface area contributed by atoms with Crippen LogP contribution >= 0.6 is 15.9 Å². The highest BCUT2D eigenvalue weighted by molar-refractivity contribution is 9.10. The Morgan fingerprint density at radius 3 is 2.57 bits per heavy atom. The van der Waals surface area contributed by atoms with Crippen LogP contribution in [0.25, 0.3) is 0 Å². The van der Waals surface area contributed by atoms with Gasteiger partial charge in [0.1, 0.15) is 18.1 Å². The van der Waals surface area contributed by atoms with Crippen molar-refractivity contribution in [2.75, 3.05) is 7.11 Å². The second kappa shape index (κ2) is 9.71. The molecular weight excluding hydrogens is 420 g/mol. The van der Waals surface area contributed by atoms with Gasteiger partial charge in [0.2, 0.25) is 0 Å². The van der Waals surface area contributed by atoms with Gasteiger partial charge in [0.25, 0.3) is 5.91 Å². The van der Waals surface area contributed by atoms with Crippen LogP contribution in [0, 0.1) is 0 Å². The van der Waals surface area contributed by atoms with Gasteiger partial charge in [-0.15, -0.1) is 0 Å². The summed E-state index contributed by atoms with van der Waals surface area (Å²) in [4.78, 5) is 12.5. The summed E-state index contributed by atoms with van der Waals surface area (Å²) in [6.07, 6.45) is 1.54. The zero-order chi connectivity index (χ0) is 19.8. The molecule has 0 unspecified atom stereocenters. The van der Waals surface area contributed by atoms with E-state index in [0.717, 1.165) is 15.6 Å². The molecule has 5 nitrogen and oxygen atoms in total. The lowest BCUT2D eigenvalue weighted by Crippen LogP contribution is -2.18. The lowest BCUT2D eigenvalue weighted by atomic mass is 10.2. The smallest absolute Gasteiger partial charge is 0.275 e. The van der Waals surface area contributed by atoms with Gasteiger partial charge in [-0.1, -0.05) is 52.3 Å². The zero-order valence-corrected chi connectivity index (χ0v) is 16.8. The number of ether oxygens (including phenoxy) is 2. The fourth-order valence-electron chi connectivity index (χ4n) is 2.56. The minimum Gasteiger partial charge on any atom is -0.496 e. The Morgan fingerprint density at radius 1 is 1.04 bits per heavy atom. The summed E-state index contributed by atoms with van der Waals surface area (Å²) in [5.41, 5.74) is 4.71. The number of halogens is 1. The number of rotatable bonds is 7. The number of hydrogen-bond acceptors (Lipinski definition) is 4. The highest BCUT2D eigenvalue weighted by Crippen LogP contribution is 2.20. The van der Waals surface area contributed by atoms with E-state index in [-0.39, 0.29) is 5.91 Å². The maximum Gasteiger partial charge on any atom is 0.275 e. The van der Waals surface area contributed by atoms with E-state index in [4.69, 9.17) is 9.47 Å². The first kappa shape index (κ1) is 19.6. The van der Waals surface area contributed by atoms with E-state index >= 15 is 0 Å². The Kier molecular flexibility index (Phi) is 6.81. The summed E-state index contributed by atoms with van der Waals surface area (Å²) >= 11 is 3.44.